The maximum Gasteiger partial charge on any atom is 0.329 e. The Morgan fingerprint density at radius 1 is 1.30 bits per heavy atom. The standard InChI is InChI=1S/C14H26N2O3S/c1-5-16(14(2,3)12(17)18)13(19)15-10-6-8-11(20-4)9-7-10/h10-11H,5-9H2,1-4H3,(H,15,19)(H,17,18). The molecule has 5 nitrogen and oxygen atoms in total. The normalized spacial score (nSPS) is 23.2. The van der Waals surface area contributed by atoms with Gasteiger partial charge in [0.05, 0.1) is 0 Å². The molecule has 0 unspecified atom stereocenters. The molecule has 0 spiro atoms. The average Bonchev–Trinajstić information content (AvgIpc) is 2.39. The Morgan fingerprint density at radius 2 is 1.85 bits per heavy atom. The van der Waals surface area contributed by atoms with E-state index in [0.717, 1.165) is 25.7 Å². The highest BCUT2D eigenvalue weighted by Crippen LogP contribution is 2.27. The second kappa shape index (κ2) is 7.20. The number of rotatable bonds is 5. The van der Waals surface area contributed by atoms with Gasteiger partial charge in [0.25, 0.3) is 0 Å². The first-order valence-electron chi connectivity index (χ1n) is 7.17. The lowest BCUT2D eigenvalue weighted by Crippen LogP contribution is -2.57. The predicted octanol–water partition coefficient (Wildman–Crippen LogP) is 2.56. The van der Waals surface area contributed by atoms with Crippen LogP contribution in [0.15, 0.2) is 0 Å². The van der Waals surface area contributed by atoms with Crippen LogP contribution in [0.25, 0.3) is 0 Å². The number of carboxylic acids is 1. The summed E-state index contributed by atoms with van der Waals surface area (Å²) in [6.07, 6.45) is 6.30. The first kappa shape index (κ1) is 17.1. The largest absolute Gasteiger partial charge is 0.480 e. The van der Waals surface area contributed by atoms with Gasteiger partial charge in [-0.3, -0.25) is 0 Å². The van der Waals surface area contributed by atoms with Crippen molar-refractivity contribution in [1.82, 2.24) is 10.2 Å². The molecule has 0 heterocycles. The van der Waals surface area contributed by atoms with Crippen LogP contribution < -0.4 is 5.32 Å². The van der Waals surface area contributed by atoms with Crippen LogP contribution in [0.1, 0.15) is 46.5 Å². The van der Waals surface area contributed by atoms with E-state index in [1.54, 1.807) is 20.8 Å². The number of hydrogen-bond acceptors (Lipinski definition) is 3. The fourth-order valence-corrected chi connectivity index (χ4v) is 3.35. The van der Waals surface area contributed by atoms with Crippen LogP contribution in [-0.4, -0.2) is 51.6 Å². The second-order valence-electron chi connectivity index (χ2n) is 5.77. The van der Waals surface area contributed by atoms with Gasteiger partial charge in [-0.25, -0.2) is 9.59 Å². The molecule has 1 rings (SSSR count). The van der Waals surface area contributed by atoms with Crippen molar-refractivity contribution in [3.63, 3.8) is 0 Å². The summed E-state index contributed by atoms with van der Waals surface area (Å²) in [5, 5.41) is 12.9. The molecule has 1 fully saturated rings. The summed E-state index contributed by atoms with van der Waals surface area (Å²) in [6, 6.07) is -0.1000. The van der Waals surface area contributed by atoms with Crippen molar-refractivity contribution in [3.8, 4) is 0 Å². The number of amides is 2. The van der Waals surface area contributed by atoms with Crippen molar-refractivity contribution in [2.45, 2.75) is 63.3 Å². The smallest absolute Gasteiger partial charge is 0.329 e. The second-order valence-corrected chi connectivity index (χ2v) is 6.91. The Morgan fingerprint density at radius 3 is 2.25 bits per heavy atom. The molecule has 1 aliphatic carbocycles. The van der Waals surface area contributed by atoms with Gasteiger partial charge in [0.15, 0.2) is 0 Å². The van der Waals surface area contributed by atoms with Gasteiger partial charge in [-0.05, 0) is 52.7 Å². The van der Waals surface area contributed by atoms with Gasteiger partial charge in [-0.15, -0.1) is 0 Å². The minimum absolute atomic E-state index is 0.171. The van der Waals surface area contributed by atoms with Gasteiger partial charge >= 0.3 is 12.0 Å². The fourth-order valence-electron chi connectivity index (χ4n) is 2.60. The summed E-state index contributed by atoms with van der Waals surface area (Å²) >= 11 is 1.88. The fraction of sp³-hybridized carbons (Fsp3) is 0.857. The van der Waals surface area contributed by atoms with E-state index in [1.165, 1.54) is 4.90 Å². The van der Waals surface area contributed by atoms with Crippen molar-refractivity contribution in [3.05, 3.63) is 0 Å². The average molecular weight is 302 g/mol. The number of hydrogen-bond donors (Lipinski definition) is 2. The molecular formula is C14H26N2O3S. The quantitative estimate of drug-likeness (QED) is 0.819. The van der Waals surface area contributed by atoms with Gasteiger partial charge in [0.1, 0.15) is 5.54 Å². The van der Waals surface area contributed by atoms with Crippen LogP contribution in [0.4, 0.5) is 4.79 Å². The first-order chi connectivity index (χ1) is 9.32. The Labute approximate surface area is 125 Å². The van der Waals surface area contributed by atoms with Gasteiger partial charge in [-0.1, -0.05) is 0 Å². The molecule has 0 atom stereocenters. The van der Waals surface area contributed by atoms with Crippen LogP contribution >= 0.6 is 11.8 Å². The molecule has 0 aromatic carbocycles. The summed E-state index contributed by atoms with van der Waals surface area (Å²) in [5.41, 5.74) is -1.19. The Balaban J connectivity index is 2.59. The SMILES string of the molecule is CCN(C(=O)NC1CCC(SC)CC1)C(C)(C)C(=O)O. The number of aliphatic carboxylic acids is 1. The van der Waals surface area contributed by atoms with Crippen molar-refractivity contribution >= 4 is 23.8 Å². The van der Waals surface area contributed by atoms with E-state index in [9.17, 15) is 14.7 Å². The van der Waals surface area contributed by atoms with Gasteiger partial charge in [-0.2, -0.15) is 11.8 Å². The molecule has 116 valence electrons. The van der Waals surface area contributed by atoms with Crippen molar-refractivity contribution < 1.29 is 14.7 Å². The third-order valence-corrected chi connectivity index (χ3v) is 5.23. The minimum atomic E-state index is -1.19. The summed E-state index contributed by atoms with van der Waals surface area (Å²) in [4.78, 5) is 25.0. The molecule has 20 heavy (non-hydrogen) atoms. The number of carbonyl (C=O) groups excluding carboxylic acids is 1. The van der Waals surface area contributed by atoms with E-state index < -0.39 is 11.5 Å². The first-order valence-corrected chi connectivity index (χ1v) is 8.46. The number of carbonyl (C=O) groups is 2. The highest BCUT2D eigenvalue weighted by atomic mass is 32.2. The van der Waals surface area contributed by atoms with Gasteiger partial charge < -0.3 is 15.3 Å². The molecule has 0 aromatic rings. The molecule has 2 amide bonds. The number of thioether (sulfide) groups is 1. The lowest BCUT2D eigenvalue weighted by Gasteiger charge is -2.36. The molecule has 0 radical (unpaired) electrons. The van der Waals surface area contributed by atoms with E-state index in [1.807, 2.05) is 11.8 Å². The predicted molar refractivity (Wildman–Crippen MR) is 82.2 cm³/mol. The van der Waals surface area contributed by atoms with Crippen molar-refractivity contribution in [2.75, 3.05) is 12.8 Å². The molecule has 2 N–H and O–H groups in total. The number of nitrogens with one attached hydrogen (secondary N) is 1. The number of likely N-dealkylation sites (N-methyl/N-ethyl adjacent to an activating group) is 1. The molecule has 1 aliphatic rings. The zero-order valence-electron chi connectivity index (χ0n) is 12.8. The summed E-state index contributed by atoms with van der Waals surface area (Å²) in [5.74, 6) is -0.986. The van der Waals surface area contributed by atoms with Crippen LogP contribution in [0.5, 0.6) is 0 Å². The van der Waals surface area contributed by atoms with Crippen molar-refractivity contribution in [2.24, 2.45) is 0 Å². The van der Waals surface area contributed by atoms with E-state index in [0.29, 0.717) is 11.8 Å². The van der Waals surface area contributed by atoms with Gasteiger partial charge in [0, 0.05) is 17.8 Å². The van der Waals surface area contributed by atoms with E-state index >= 15 is 0 Å². The Bertz CT molecular complexity index is 352. The van der Waals surface area contributed by atoms with Crippen LogP contribution in [-0.2, 0) is 4.79 Å². The molecule has 1 saturated carbocycles. The number of carboxylic acid groups (broad SMARTS) is 1. The molecule has 0 saturated heterocycles. The monoisotopic (exact) mass is 302 g/mol. The zero-order chi connectivity index (χ0) is 15.3. The minimum Gasteiger partial charge on any atom is -0.480 e. The van der Waals surface area contributed by atoms with Gasteiger partial charge in [0.2, 0.25) is 0 Å². The Hall–Kier alpha value is -0.910. The van der Waals surface area contributed by atoms with E-state index in [2.05, 4.69) is 11.6 Å². The van der Waals surface area contributed by atoms with E-state index in [-0.39, 0.29) is 12.1 Å². The zero-order valence-corrected chi connectivity index (χ0v) is 13.6. The molecule has 0 aliphatic heterocycles. The summed E-state index contributed by atoms with van der Waals surface area (Å²) < 4.78 is 0. The molecule has 6 heteroatoms. The highest BCUT2D eigenvalue weighted by molar-refractivity contribution is 7.99. The lowest BCUT2D eigenvalue weighted by atomic mass is 9.95. The van der Waals surface area contributed by atoms with Crippen LogP contribution in [0.2, 0.25) is 0 Å². The summed E-state index contributed by atoms with van der Waals surface area (Å²) in [6.45, 7) is 5.30. The summed E-state index contributed by atoms with van der Waals surface area (Å²) in [7, 11) is 0. The number of nitrogens with zero attached hydrogens (tertiary/aromatic N) is 1. The maximum absolute atomic E-state index is 12.3. The maximum atomic E-state index is 12.3. The third-order valence-electron chi connectivity index (χ3n) is 4.09. The topological polar surface area (TPSA) is 69.6 Å². The van der Waals surface area contributed by atoms with Crippen LogP contribution in [0.3, 0.4) is 0 Å². The lowest BCUT2D eigenvalue weighted by molar-refractivity contribution is -0.147. The highest BCUT2D eigenvalue weighted by Gasteiger charge is 2.37. The van der Waals surface area contributed by atoms with E-state index in [4.69, 9.17) is 0 Å². The van der Waals surface area contributed by atoms with Crippen molar-refractivity contribution in [1.29, 1.82) is 0 Å². The van der Waals surface area contributed by atoms with Crippen LogP contribution in [0, 0.1) is 0 Å². The third kappa shape index (κ3) is 4.04. The number of urea groups is 1. The molecule has 0 aromatic heterocycles. The molecular weight excluding hydrogens is 276 g/mol. The Kier molecular flexibility index (Phi) is 6.17. The molecule has 0 bridgehead atoms.